The number of hydrogen-bond donors (Lipinski definition) is 0. The summed E-state index contributed by atoms with van der Waals surface area (Å²) in [6, 6.07) is 61.9. The van der Waals surface area contributed by atoms with Gasteiger partial charge in [0.25, 0.3) is 0 Å². The molecule has 0 fully saturated rings. The predicted octanol–water partition coefficient (Wildman–Crippen LogP) is 15.2. The van der Waals surface area contributed by atoms with Crippen LogP contribution in [-0.4, -0.2) is 4.98 Å². The van der Waals surface area contributed by atoms with Crippen molar-refractivity contribution >= 4 is 75.3 Å². The number of hydrogen-bond acceptors (Lipinski definition) is 3. The molecule has 57 heavy (non-hydrogen) atoms. The van der Waals surface area contributed by atoms with Crippen LogP contribution in [0.4, 0.5) is 11.5 Å². The molecule has 3 heteroatoms. The molecule has 0 radical (unpaired) electrons. The molecule has 8 aromatic carbocycles. The highest BCUT2D eigenvalue weighted by atomic mass is 32.1. The Bertz CT molecular complexity index is 3260. The lowest BCUT2D eigenvalue weighted by Crippen LogP contribution is -2.17. The Hall–Kier alpha value is -7.07. The molecule has 2 aromatic heterocycles. The molecule has 1 aliphatic rings. The Balaban J connectivity index is 1.07. The molecule has 0 N–H and O–H groups in total. The van der Waals surface area contributed by atoms with Gasteiger partial charge in [-0.25, -0.2) is 4.98 Å². The fourth-order valence-corrected chi connectivity index (χ4v) is 9.83. The maximum Gasteiger partial charge on any atom is 0.138 e. The standard InChI is InChI=1S/C54H36N2S/c1-35-15-4-2-5-16-36-17-8-13-26-50(36)56(35)52-34-49-48-33-41(28-30-51(48)57-54(49)53(55-52)37-18-6-3-7-19-37)39-21-14-20-38(31-39)40-27-29-46-44-24-10-9-22-42(44)43-23-11-12-25-45(43)47(46)32-40/h2-15,17-34H,1,16H2/b5-2-,15-4-. The summed E-state index contributed by atoms with van der Waals surface area (Å²) in [5, 5.41) is 10.2. The van der Waals surface area contributed by atoms with E-state index < -0.39 is 0 Å². The highest BCUT2D eigenvalue weighted by Gasteiger charge is 2.22. The summed E-state index contributed by atoms with van der Waals surface area (Å²) in [6.45, 7) is 4.55. The number of allylic oxidation sites excluding steroid dienone is 4. The SMILES string of the molecule is C=C1/C=C\C=C/Cc2ccccc2N1c1cc2c(sc3ccc(-c4cccc(-c5ccc6c7ccccc7c7ccccc7c6c5)c4)cc32)c(-c2ccccc2)n1. The highest BCUT2D eigenvalue weighted by molar-refractivity contribution is 7.26. The number of benzene rings is 8. The topological polar surface area (TPSA) is 16.1 Å². The zero-order valence-corrected chi connectivity index (χ0v) is 32.0. The largest absolute Gasteiger partial charge is 0.295 e. The number of nitrogens with zero attached hydrogens (tertiary/aromatic N) is 2. The van der Waals surface area contributed by atoms with Crippen LogP contribution >= 0.6 is 11.3 Å². The molecular formula is C54H36N2S. The van der Waals surface area contributed by atoms with Crippen LogP contribution in [0.2, 0.25) is 0 Å². The average molecular weight is 745 g/mol. The van der Waals surface area contributed by atoms with Crippen molar-refractivity contribution in [2.24, 2.45) is 0 Å². The molecule has 2 nitrogen and oxygen atoms in total. The van der Waals surface area contributed by atoms with E-state index in [1.807, 2.05) is 11.3 Å². The molecule has 0 aliphatic carbocycles. The summed E-state index contributed by atoms with van der Waals surface area (Å²) in [4.78, 5) is 7.67. The van der Waals surface area contributed by atoms with Gasteiger partial charge in [-0.3, -0.25) is 4.90 Å². The summed E-state index contributed by atoms with van der Waals surface area (Å²) in [7, 11) is 0. The van der Waals surface area contributed by atoms with Gasteiger partial charge in [-0.1, -0.05) is 158 Å². The fraction of sp³-hybridized carbons (Fsp3) is 0.0185. The minimum atomic E-state index is 0.828. The van der Waals surface area contributed by atoms with E-state index in [9.17, 15) is 0 Å². The van der Waals surface area contributed by atoms with E-state index >= 15 is 0 Å². The van der Waals surface area contributed by atoms with E-state index in [-0.39, 0.29) is 0 Å². The van der Waals surface area contributed by atoms with Gasteiger partial charge in [0.15, 0.2) is 0 Å². The zero-order valence-electron chi connectivity index (χ0n) is 31.2. The van der Waals surface area contributed by atoms with Gasteiger partial charge in [0.1, 0.15) is 5.82 Å². The zero-order chi connectivity index (χ0) is 37.9. The number of thiophene rings is 1. The van der Waals surface area contributed by atoms with Crippen LogP contribution in [-0.2, 0) is 6.42 Å². The summed E-state index contributed by atoms with van der Waals surface area (Å²) in [6.07, 6.45) is 9.27. The second-order valence-corrected chi connectivity index (χ2v) is 15.8. The lowest BCUT2D eigenvalue weighted by molar-refractivity contribution is 1.12. The van der Waals surface area contributed by atoms with Crippen LogP contribution < -0.4 is 4.90 Å². The summed E-state index contributed by atoms with van der Waals surface area (Å²) >= 11 is 1.81. The van der Waals surface area contributed by atoms with Gasteiger partial charge >= 0.3 is 0 Å². The number of anilines is 2. The van der Waals surface area contributed by atoms with Crippen molar-refractivity contribution in [3.8, 4) is 33.5 Å². The smallest absolute Gasteiger partial charge is 0.138 e. The molecule has 0 amide bonds. The monoisotopic (exact) mass is 744 g/mol. The maximum absolute atomic E-state index is 5.45. The first-order valence-corrected chi connectivity index (χ1v) is 20.3. The predicted molar refractivity (Wildman–Crippen MR) is 246 cm³/mol. The number of aromatic nitrogens is 1. The third-order valence-electron chi connectivity index (χ3n) is 11.4. The molecule has 0 atom stereocenters. The van der Waals surface area contributed by atoms with Crippen LogP contribution in [0.5, 0.6) is 0 Å². The van der Waals surface area contributed by atoms with Gasteiger partial charge in [0.05, 0.1) is 16.1 Å². The van der Waals surface area contributed by atoms with Crippen molar-refractivity contribution in [3.63, 3.8) is 0 Å². The van der Waals surface area contributed by atoms with Crippen molar-refractivity contribution in [2.45, 2.75) is 6.42 Å². The molecule has 268 valence electrons. The average Bonchev–Trinajstić information content (AvgIpc) is 3.67. The molecular weight excluding hydrogens is 709 g/mol. The molecule has 10 aromatic rings. The molecule has 0 unspecified atom stereocenters. The van der Waals surface area contributed by atoms with Crippen LogP contribution in [0.15, 0.2) is 206 Å². The minimum absolute atomic E-state index is 0.828. The quantitative estimate of drug-likeness (QED) is 0.167. The van der Waals surface area contributed by atoms with Crippen molar-refractivity contribution in [2.75, 3.05) is 4.90 Å². The summed E-state index contributed by atoms with van der Waals surface area (Å²) in [5.74, 6) is 0.856. The summed E-state index contributed by atoms with van der Waals surface area (Å²) in [5.41, 5.74) is 10.1. The van der Waals surface area contributed by atoms with Gasteiger partial charge in [0, 0.05) is 26.7 Å². The fourth-order valence-electron chi connectivity index (χ4n) is 8.66. The molecule has 0 saturated heterocycles. The molecule has 0 bridgehead atoms. The van der Waals surface area contributed by atoms with Crippen LogP contribution in [0, 0.1) is 0 Å². The first-order valence-electron chi connectivity index (χ1n) is 19.4. The Morgan fingerprint density at radius 2 is 1.07 bits per heavy atom. The van der Waals surface area contributed by atoms with E-state index in [1.54, 1.807) is 0 Å². The maximum atomic E-state index is 5.45. The third-order valence-corrected chi connectivity index (χ3v) is 12.6. The number of fused-ring (bicyclic) bond motifs is 10. The second kappa shape index (κ2) is 13.6. The minimum Gasteiger partial charge on any atom is -0.295 e. The second-order valence-electron chi connectivity index (χ2n) is 14.8. The Labute approximate surface area is 335 Å². The van der Waals surface area contributed by atoms with E-state index in [2.05, 4.69) is 206 Å². The van der Waals surface area contributed by atoms with Gasteiger partial charge in [-0.2, -0.15) is 0 Å². The van der Waals surface area contributed by atoms with E-state index in [0.29, 0.717) is 0 Å². The Kier molecular flexibility index (Phi) is 7.94. The normalized spacial score (nSPS) is 14.2. The molecule has 3 heterocycles. The van der Waals surface area contributed by atoms with Crippen LogP contribution in [0.3, 0.4) is 0 Å². The Morgan fingerprint density at radius 1 is 0.474 bits per heavy atom. The lowest BCUT2D eigenvalue weighted by Gasteiger charge is -2.27. The molecule has 0 saturated carbocycles. The van der Waals surface area contributed by atoms with E-state index in [1.165, 1.54) is 80.3 Å². The van der Waals surface area contributed by atoms with Crippen molar-refractivity contribution in [1.82, 2.24) is 4.98 Å². The van der Waals surface area contributed by atoms with Crippen LogP contribution in [0.25, 0.3) is 86.0 Å². The van der Waals surface area contributed by atoms with Crippen molar-refractivity contribution in [3.05, 3.63) is 212 Å². The van der Waals surface area contributed by atoms with Gasteiger partial charge in [-0.15, -0.1) is 11.3 Å². The van der Waals surface area contributed by atoms with E-state index in [0.717, 1.165) is 34.9 Å². The van der Waals surface area contributed by atoms with E-state index in [4.69, 9.17) is 4.98 Å². The van der Waals surface area contributed by atoms with Gasteiger partial charge in [0.2, 0.25) is 0 Å². The number of rotatable bonds is 4. The number of para-hydroxylation sites is 1. The van der Waals surface area contributed by atoms with Crippen molar-refractivity contribution < 1.29 is 0 Å². The van der Waals surface area contributed by atoms with Gasteiger partial charge < -0.3 is 0 Å². The number of pyridine rings is 1. The van der Waals surface area contributed by atoms with Crippen molar-refractivity contribution in [1.29, 1.82) is 0 Å². The Morgan fingerprint density at radius 3 is 1.82 bits per heavy atom. The molecule has 11 rings (SSSR count). The van der Waals surface area contributed by atoms with Crippen LogP contribution in [0.1, 0.15) is 5.56 Å². The summed E-state index contributed by atoms with van der Waals surface area (Å²) < 4.78 is 2.42. The molecule has 1 aliphatic heterocycles. The van der Waals surface area contributed by atoms with Gasteiger partial charge in [-0.05, 0) is 109 Å². The lowest BCUT2D eigenvalue weighted by atomic mass is 9.91. The first-order chi connectivity index (χ1) is 28.2. The highest BCUT2D eigenvalue weighted by Crippen LogP contribution is 2.45. The molecule has 0 spiro atoms. The first kappa shape index (κ1) is 33.3. The third kappa shape index (κ3) is 5.66.